The van der Waals surface area contributed by atoms with Gasteiger partial charge in [0.2, 0.25) is 5.91 Å². The van der Waals surface area contributed by atoms with Crippen LogP contribution in [0.1, 0.15) is 40.5 Å². The van der Waals surface area contributed by atoms with Crippen LogP contribution in [0.3, 0.4) is 0 Å². The van der Waals surface area contributed by atoms with Crippen molar-refractivity contribution in [3.05, 3.63) is 0 Å². The number of fused-ring (bicyclic) bond motifs is 1. The third-order valence-corrected chi connectivity index (χ3v) is 3.97. The first-order valence-electron chi connectivity index (χ1n) is 6.27. The number of hydrogen-bond donors (Lipinski definition) is 0. The molecule has 3 atom stereocenters. The fraction of sp³-hybridized carbons (Fsp3) is 0.846. The van der Waals surface area contributed by atoms with Gasteiger partial charge in [-0.2, -0.15) is 0 Å². The van der Waals surface area contributed by atoms with E-state index in [0.29, 0.717) is 6.54 Å². The molecule has 96 valence electrons. The molecule has 2 heterocycles. The molecule has 2 aliphatic heterocycles. The van der Waals surface area contributed by atoms with Crippen LogP contribution >= 0.6 is 0 Å². The Balaban J connectivity index is 2.22. The first kappa shape index (κ1) is 12.6. The van der Waals surface area contributed by atoms with Crippen LogP contribution in [0, 0.1) is 5.92 Å². The van der Waals surface area contributed by atoms with Gasteiger partial charge in [-0.1, -0.05) is 0 Å². The Morgan fingerprint density at radius 3 is 2.47 bits per heavy atom. The van der Waals surface area contributed by atoms with Gasteiger partial charge in [0.15, 0.2) is 5.78 Å². The van der Waals surface area contributed by atoms with Gasteiger partial charge in [-0.25, -0.2) is 0 Å². The molecule has 4 nitrogen and oxygen atoms in total. The van der Waals surface area contributed by atoms with Crippen LogP contribution in [0.4, 0.5) is 0 Å². The molecule has 0 aromatic heterocycles. The van der Waals surface area contributed by atoms with Gasteiger partial charge in [0.05, 0.1) is 17.7 Å². The molecule has 0 bridgehead atoms. The van der Waals surface area contributed by atoms with Crippen molar-refractivity contribution < 1.29 is 14.3 Å². The molecule has 0 aromatic rings. The summed E-state index contributed by atoms with van der Waals surface area (Å²) in [6.07, 6.45) is 1.94. The summed E-state index contributed by atoms with van der Waals surface area (Å²) in [6, 6.07) is -0.270. The second-order valence-electron chi connectivity index (χ2n) is 5.85. The fourth-order valence-corrected chi connectivity index (χ4v) is 3.17. The molecular formula is C13H21NO3. The van der Waals surface area contributed by atoms with Crippen molar-refractivity contribution in [2.75, 3.05) is 6.54 Å². The van der Waals surface area contributed by atoms with Crippen molar-refractivity contribution >= 4 is 11.7 Å². The van der Waals surface area contributed by atoms with Gasteiger partial charge in [0.1, 0.15) is 0 Å². The Hall–Kier alpha value is -0.900. The zero-order valence-corrected chi connectivity index (χ0v) is 11.0. The van der Waals surface area contributed by atoms with E-state index < -0.39 is 0 Å². The lowest BCUT2D eigenvalue weighted by Crippen LogP contribution is -2.44. The standard InChI is InChI=1S/C13H21NO3/c1-8(15)12-10-5-6-13(3,4)17-11(10)7-14(12)9(2)16/h10-12H,5-7H2,1-4H3/t10-,11-,12+/m0/s1. The van der Waals surface area contributed by atoms with E-state index in [2.05, 4.69) is 13.8 Å². The smallest absolute Gasteiger partial charge is 0.220 e. The van der Waals surface area contributed by atoms with Crippen molar-refractivity contribution in [3.63, 3.8) is 0 Å². The summed E-state index contributed by atoms with van der Waals surface area (Å²) in [4.78, 5) is 25.0. The molecule has 4 heteroatoms. The maximum Gasteiger partial charge on any atom is 0.220 e. The van der Waals surface area contributed by atoms with Gasteiger partial charge < -0.3 is 9.64 Å². The number of carbonyl (C=O) groups excluding carboxylic acids is 2. The number of nitrogens with zero attached hydrogens (tertiary/aromatic N) is 1. The normalized spacial score (nSPS) is 35.5. The topological polar surface area (TPSA) is 46.6 Å². The summed E-state index contributed by atoms with van der Waals surface area (Å²) in [5.41, 5.74) is -0.130. The van der Waals surface area contributed by atoms with Crippen LogP contribution in [0.15, 0.2) is 0 Å². The summed E-state index contributed by atoms with van der Waals surface area (Å²) in [5.74, 6) is 0.237. The number of ether oxygens (including phenoxy) is 1. The van der Waals surface area contributed by atoms with Crippen molar-refractivity contribution in [3.8, 4) is 0 Å². The van der Waals surface area contributed by atoms with Crippen LogP contribution in [-0.2, 0) is 14.3 Å². The molecule has 2 saturated heterocycles. The SMILES string of the molecule is CC(=O)[C@@H]1[C@H]2CCC(C)(C)O[C@H]2CN1C(C)=O. The monoisotopic (exact) mass is 239 g/mol. The Morgan fingerprint density at radius 1 is 1.29 bits per heavy atom. The molecule has 2 rings (SSSR count). The van der Waals surface area contributed by atoms with E-state index in [4.69, 9.17) is 4.74 Å². The number of carbonyl (C=O) groups is 2. The molecule has 0 aliphatic carbocycles. The molecule has 2 aliphatic rings. The summed E-state index contributed by atoms with van der Waals surface area (Å²) < 4.78 is 6.01. The van der Waals surface area contributed by atoms with Crippen molar-refractivity contribution in [2.24, 2.45) is 5.92 Å². The third-order valence-electron chi connectivity index (χ3n) is 3.97. The van der Waals surface area contributed by atoms with Crippen molar-refractivity contribution in [2.45, 2.75) is 58.3 Å². The van der Waals surface area contributed by atoms with Gasteiger partial charge in [-0.05, 0) is 33.6 Å². The molecule has 0 saturated carbocycles. The molecule has 0 radical (unpaired) electrons. The summed E-state index contributed by atoms with van der Waals surface area (Å²) in [6.45, 7) is 7.81. The van der Waals surface area contributed by atoms with Crippen molar-refractivity contribution in [1.82, 2.24) is 4.90 Å². The van der Waals surface area contributed by atoms with Gasteiger partial charge in [0, 0.05) is 19.4 Å². The largest absolute Gasteiger partial charge is 0.370 e. The second kappa shape index (κ2) is 4.09. The second-order valence-corrected chi connectivity index (χ2v) is 5.85. The third kappa shape index (κ3) is 2.23. The maximum absolute atomic E-state index is 11.7. The molecule has 0 aromatic carbocycles. The number of hydrogen-bond acceptors (Lipinski definition) is 3. The highest BCUT2D eigenvalue weighted by atomic mass is 16.5. The highest BCUT2D eigenvalue weighted by Gasteiger charge is 2.50. The van der Waals surface area contributed by atoms with Gasteiger partial charge >= 0.3 is 0 Å². The van der Waals surface area contributed by atoms with Crippen LogP contribution in [0.5, 0.6) is 0 Å². The molecule has 2 fully saturated rings. The minimum absolute atomic E-state index is 0.0246. The van der Waals surface area contributed by atoms with E-state index in [9.17, 15) is 9.59 Å². The maximum atomic E-state index is 11.7. The Bertz CT molecular complexity index is 351. The Kier molecular flexibility index (Phi) is 3.02. The van der Waals surface area contributed by atoms with E-state index in [-0.39, 0.29) is 35.4 Å². The predicted molar refractivity (Wildman–Crippen MR) is 63.5 cm³/mol. The molecule has 0 spiro atoms. The molecule has 1 amide bonds. The predicted octanol–water partition coefficient (Wildman–Crippen LogP) is 1.38. The van der Waals surface area contributed by atoms with E-state index in [0.717, 1.165) is 12.8 Å². The van der Waals surface area contributed by atoms with Crippen LogP contribution < -0.4 is 0 Å². The van der Waals surface area contributed by atoms with Gasteiger partial charge in [0.25, 0.3) is 0 Å². The molecule has 0 N–H and O–H groups in total. The zero-order chi connectivity index (χ0) is 12.8. The fourth-order valence-electron chi connectivity index (χ4n) is 3.17. The lowest BCUT2D eigenvalue weighted by Gasteiger charge is -2.38. The number of rotatable bonds is 1. The number of Topliss-reactive ketones (excluding diaryl/α,β-unsaturated/α-hetero) is 1. The van der Waals surface area contributed by atoms with Crippen molar-refractivity contribution in [1.29, 1.82) is 0 Å². The van der Waals surface area contributed by atoms with Crippen LogP contribution in [0.2, 0.25) is 0 Å². The quantitative estimate of drug-likeness (QED) is 0.694. The lowest BCUT2D eigenvalue weighted by molar-refractivity contribution is -0.136. The average Bonchev–Trinajstić information content (AvgIpc) is 2.54. The minimum atomic E-state index is -0.270. The van der Waals surface area contributed by atoms with Gasteiger partial charge in [-0.15, -0.1) is 0 Å². The molecule has 0 unspecified atom stereocenters. The average molecular weight is 239 g/mol. The lowest BCUT2D eigenvalue weighted by atomic mass is 9.83. The molecule has 17 heavy (non-hydrogen) atoms. The first-order valence-corrected chi connectivity index (χ1v) is 6.27. The summed E-state index contributed by atoms with van der Waals surface area (Å²) >= 11 is 0. The number of ketones is 1. The Labute approximate surface area is 102 Å². The first-order chi connectivity index (χ1) is 7.82. The highest BCUT2D eigenvalue weighted by molar-refractivity contribution is 5.87. The van der Waals surface area contributed by atoms with E-state index in [1.165, 1.54) is 6.92 Å². The van der Waals surface area contributed by atoms with E-state index >= 15 is 0 Å². The zero-order valence-electron chi connectivity index (χ0n) is 11.0. The van der Waals surface area contributed by atoms with Crippen LogP contribution in [-0.4, -0.2) is 40.9 Å². The Morgan fingerprint density at radius 2 is 1.94 bits per heavy atom. The van der Waals surface area contributed by atoms with Gasteiger partial charge in [-0.3, -0.25) is 9.59 Å². The highest BCUT2D eigenvalue weighted by Crippen LogP contribution is 2.40. The van der Waals surface area contributed by atoms with Crippen LogP contribution in [0.25, 0.3) is 0 Å². The van der Waals surface area contributed by atoms with E-state index in [1.54, 1.807) is 11.8 Å². The van der Waals surface area contributed by atoms with E-state index in [1.807, 2.05) is 0 Å². The summed E-state index contributed by atoms with van der Waals surface area (Å²) in [7, 11) is 0. The number of likely N-dealkylation sites (tertiary alicyclic amines) is 1. The molecular weight excluding hydrogens is 218 g/mol. The number of amides is 1. The summed E-state index contributed by atoms with van der Waals surface area (Å²) in [5, 5.41) is 0. The minimum Gasteiger partial charge on any atom is -0.370 e.